The van der Waals surface area contributed by atoms with Gasteiger partial charge in [0.25, 0.3) is 0 Å². The van der Waals surface area contributed by atoms with Crippen LogP contribution in [0.2, 0.25) is 0 Å². The van der Waals surface area contributed by atoms with Crippen molar-refractivity contribution < 1.29 is 15.8 Å². The number of nitrogens with zero attached hydrogens (tertiary/aromatic N) is 2. The van der Waals surface area contributed by atoms with E-state index in [9.17, 15) is 9.59 Å². The molecule has 1 N–H and O–H groups in total. The number of likely N-dealkylation sites (tertiary alicyclic amines) is 1. The Morgan fingerprint density at radius 1 is 1.13 bits per heavy atom. The monoisotopic (exact) mass is 427 g/mol. The van der Waals surface area contributed by atoms with Gasteiger partial charge in [0, 0.05) is 31.9 Å². The van der Waals surface area contributed by atoms with Crippen LogP contribution in [0.3, 0.4) is 0 Å². The Morgan fingerprint density at radius 3 is 2.45 bits per heavy atom. The molecule has 6 nitrogen and oxygen atoms in total. The lowest BCUT2D eigenvalue weighted by molar-refractivity contribution is -0.119. The van der Waals surface area contributed by atoms with Crippen LogP contribution in [0, 0.1) is 0 Å². The molecule has 0 saturated carbocycles. The Balaban J connectivity index is 0.00000245. The highest BCUT2D eigenvalue weighted by atomic mass is 16.6. The van der Waals surface area contributed by atoms with Gasteiger partial charge in [-0.25, -0.2) is 4.79 Å². The van der Waals surface area contributed by atoms with Crippen molar-refractivity contribution in [3.63, 3.8) is 0 Å². The van der Waals surface area contributed by atoms with Gasteiger partial charge in [-0.3, -0.25) is 4.79 Å². The number of hydrogen-bond donors (Lipinski definition) is 1. The van der Waals surface area contributed by atoms with Gasteiger partial charge in [-0.15, -0.1) is 0 Å². The van der Waals surface area contributed by atoms with E-state index in [0.717, 1.165) is 58.0 Å². The number of ether oxygens (including phenoxy) is 1. The molecule has 2 bridgehead atoms. The summed E-state index contributed by atoms with van der Waals surface area (Å²) in [5.74, 6) is 0.0538. The van der Waals surface area contributed by atoms with Crippen LogP contribution in [0.25, 0.3) is 0 Å². The lowest BCUT2D eigenvalue weighted by Crippen LogP contribution is -2.55. The summed E-state index contributed by atoms with van der Waals surface area (Å²) in [5, 5.41) is 3.19. The zero-order valence-electron chi connectivity index (χ0n) is 18.8. The first kappa shape index (κ1) is 20.8. The molecular weight excluding hydrogens is 390 g/mol. The minimum atomic E-state index is -0.113. The summed E-state index contributed by atoms with van der Waals surface area (Å²) in [6, 6.07) is 10.1. The van der Waals surface area contributed by atoms with E-state index in [4.69, 9.17) is 4.74 Å². The molecule has 1 aromatic carbocycles. The largest absolute Gasteiger partial charge is 0.450 e. The van der Waals surface area contributed by atoms with Gasteiger partial charge >= 0.3 is 6.09 Å². The van der Waals surface area contributed by atoms with E-state index < -0.39 is 0 Å². The van der Waals surface area contributed by atoms with Gasteiger partial charge in [-0.1, -0.05) is 24.3 Å². The van der Waals surface area contributed by atoms with Gasteiger partial charge in [0.1, 0.15) is 0 Å². The summed E-state index contributed by atoms with van der Waals surface area (Å²) in [6.07, 6.45) is 7.58. The molecular formula is C25H37N3O3. The van der Waals surface area contributed by atoms with E-state index in [1.54, 1.807) is 6.92 Å². The van der Waals surface area contributed by atoms with E-state index >= 15 is 0 Å². The normalized spacial score (nSPS) is 31.5. The molecule has 1 aromatic rings. The summed E-state index contributed by atoms with van der Waals surface area (Å²) in [4.78, 5) is 28.9. The van der Waals surface area contributed by atoms with Crippen molar-refractivity contribution in [3.05, 3.63) is 35.4 Å². The minimum absolute atomic E-state index is 0. The second-order valence-corrected chi connectivity index (χ2v) is 9.98. The number of fused-ring (bicyclic) bond motifs is 4. The number of rotatable bonds is 3. The molecule has 170 valence electrons. The lowest BCUT2D eigenvalue weighted by Gasteiger charge is -2.47. The van der Waals surface area contributed by atoms with Crippen LogP contribution in [0.1, 0.15) is 77.4 Å². The van der Waals surface area contributed by atoms with Crippen LogP contribution in [-0.2, 0) is 14.9 Å². The quantitative estimate of drug-likeness (QED) is 0.792. The maximum absolute atomic E-state index is 12.4. The molecule has 4 aliphatic rings. The fourth-order valence-electron chi connectivity index (χ4n) is 7.00. The smallest absolute Gasteiger partial charge is 0.410 e. The fraction of sp³-hybridized carbons (Fsp3) is 0.680. The summed E-state index contributed by atoms with van der Waals surface area (Å²) in [7, 11) is 0. The first-order chi connectivity index (χ1) is 15.0. The molecule has 5 rings (SSSR count). The van der Waals surface area contributed by atoms with Crippen molar-refractivity contribution in [2.24, 2.45) is 0 Å². The van der Waals surface area contributed by atoms with Gasteiger partial charge < -0.3 is 19.9 Å². The molecule has 6 heteroatoms. The highest BCUT2D eigenvalue weighted by molar-refractivity contribution is 5.74. The van der Waals surface area contributed by atoms with Crippen LogP contribution in [-0.4, -0.2) is 59.6 Å². The molecule has 1 aliphatic carbocycles. The summed E-state index contributed by atoms with van der Waals surface area (Å²) >= 11 is 0. The fourth-order valence-corrected chi connectivity index (χ4v) is 7.00. The zero-order chi connectivity index (χ0) is 21.6. The van der Waals surface area contributed by atoms with Crippen molar-refractivity contribution in [2.75, 3.05) is 19.7 Å². The van der Waals surface area contributed by atoms with E-state index in [1.807, 2.05) is 11.8 Å². The van der Waals surface area contributed by atoms with Crippen LogP contribution >= 0.6 is 0 Å². The molecule has 3 heterocycles. The molecule has 0 aromatic heterocycles. The molecule has 3 atom stereocenters. The SMILES string of the molecule is CCOC(=O)N1C2CCC1CC(N1CCC3(CC1)CC(NC(C)=O)c1ccccc13)C2.[HH]. The standard InChI is InChI=1S/C25H35N3O3.H2/c1-3-31-24(30)28-18-8-9-19(28)15-20(14-18)27-12-10-25(11-13-27)16-23(26-17(2)29)21-6-4-5-7-22(21)25;/h4-7,18-20,23H,3,8-16H2,1-2H3,(H,26,29);1H. The topological polar surface area (TPSA) is 61.9 Å². The molecule has 0 radical (unpaired) electrons. The maximum Gasteiger partial charge on any atom is 0.410 e. The Kier molecular flexibility index (Phi) is 5.45. The van der Waals surface area contributed by atoms with Crippen LogP contribution < -0.4 is 5.32 Å². The number of piperidine rings is 2. The Labute approximate surface area is 186 Å². The Morgan fingerprint density at radius 2 is 1.81 bits per heavy atom. The van der Waals surface area contributed by atoms with Gasteiger partial charge in [0.15, 0.2) is 0 Å². The number of carbonyl (C=O) groups is 2. The molecule has 3 fully saturated rings. The van der Waals surface area contributed by atoms with Crippen LogP contribution in [0.4, 0.5) is 4.79 Å². The first-order valence-electron chi connectivity index (χ1n) is 12.1. The molecule has 3 saturated heterocycles. The molecule has 3 aliphatic heterocycles. The Bertz CT molecular complexity index is 841. The summed E-state index contributed by atoms with van der Waals surface area (Å²) in [5.41, 5.74) is 2.95. The van der Waals surface area contributed by atoms with Gasteiger partial charge in [-0.2, -0.15) is 0 Å². The van der Waals surface area contributed by atoms with Crippen molar-refractivity contribution in [3.8, 4) is 0 Å². The van der Waals surface area contributed by atoms with E-state index in [2.05, 4.69) is 34.5 Å². The second kappa shape index (κ2) is 8.12. The second-order valence-electron chi connectivity index (χ2n) is 9.98. The number of carbonyl (C=O) groups excluding carboxylic acids is 2. The van der Waals surface area contributed by atoms with Crippen LogP contribution in [0.5, 0.6) is 0 Å². The third kappa shape index (κ3) is 3.63. The highest BCUT2D eigenvalue weighted by Crippen LogP contribution is 2.51. The van der Waals surface area contributed by atoms with E-state index in [-0.39, 0.29) is 24.9 Å². The average Bonchev–Trinajstić information content (AvgIpc) is 3.19. The number of nitrogens with one attached hydrogen (secondary N) is 1. The Hall–Kier alpha value is -2.08. The number of benzene rings is 1. The van der Waals surface area contributed by atoms with Gasteiger partial charge in [-0.05, 0) is 76.1 Å². The predicted octanol–water partition coefficient (Wildman–Crippen LogP) is 4.00. The van der Waals surface area contributed by atoms with Crippen molar-refractivity contribution >= 4 is 12.0 Å². The summed E-state index contributed by atoms with van der Waals surface area (Å²) in [6.45, 7) is 6.16. The molecule has 1 spiro atoms. The third-order valence-corrected chi connectivity index (χ3v) is 8.34. The van der Waals surface area contributed by atoms with Gasteiger partial charge in [0.2, 0.25) is 5.91 Å². The first-order valence-corrected chi connectivity index (χ1v) is 12.1. The van der Waals surface area contributed by atoms with Gasteiger partial charge in [0.05, 0.1) is 12.6 Å². The minimum Gasteiger partial charge on any atom is -0.450 e. The van der Waals surface area contributed by atoms with Crippen molar-refractivity contribution in [1.29, 1.82) is 0 Å². The van der Waals surface area contributed by atoms with Crippen LogP contribution in [0.15, 0.2) is 24.3 Å². The summed E-state index contributed by atoms with van der Waals surface area (Å²) < 4.78 is 5.32. The van der Waals surface area contributed by atoms with Crippen molar-refractivity contribution in [1.82, 2.24) is 15.1 Å². The maximum atomic E-state index is 12.4. The van der Waals surface area contributed by atoms with E-state index in [1.165, 1.54) is 11.1 Å². The number of amides is 2. The number of hydrogen-bond acceptors (Lipinski definition) is 4. The predicted molar refractivity (Wildman–Crippen MR) is 121 cm³/mol. The lowest BCUT2D eigenvalue weighted by atomic mass is 9.73. The highest BCUT2D eigenvalue weighted by Gasteiger charge is 2.49. The van der Waals surface area contributed by atoms with E-state index in [0.29, 0.717) is 24.7 Å². The zero-order valence-corrected chi connectivity index (χ0v) is 18.8. The average molecular weight is 428 g/mol. The van der Waals surface area contributed by atoms with Crippen molar-refractivity contribution in [2.45, 2.75) is 88.4 Å². The third-order valence-electron chi connectivity index (χ3n) is 8.34. The molecule has 2 amide bonds. The molecule has 3 unspecified atom stereocenters. The molecule has 31 heavy (non-hydrogen) atoms.